The highest BCUT2D eigenvalue weighted by molar-refractivity contribution is 5.82. The summed E-state index contributed by atoms with van der Waals surface area (Å²) >= 11 is 0. The Hall–Kier alpha value is -1.43. The van der Waals surface area contributed by atoms with E-state index in [9.17, 15) is 4.79 Å². The van der Waals surface area contributed by atoms with Crippen molar-refractivity contribution >= 4 is 5.91 Å². The maximum atomic E-state index is 12.1. The van der Waals surface area contributed by atoms with Crippen molar-refractivity contribution in [3.05, 3.63) is 12.2 Å². The molecule has 1 aromatic rings. The van der Waals surface area contributed by atoms with Gasteiger partial charge in [-0.1, -0.05) is 0 Å². The SMILES string of the molecule is Cn1cnnc1CCNC(=O)C1CC12CCNCC2. The van der Waals surface area contributed by atoms with E-state index in [4.69, 9.17) is 0 Å². The number of nitrogens with one attached hydrogen (secondary N) is 2. The molecule has 1 amide bonds. The predicted octanol–water partition coefficient (Wildman–Crippen LogP) is -0.136. The fourth-order valence-corrected chi connectivity index (χ4v) is 3.15. The number of rotatable bonds is 4. The largest absolute Gasteiger partial charge is 0.355 e. The molecule has 0 radical (unpaired) electrons. The minimum Gasteiger partial charge on any atom is -0.355 e. The van der Waals surface area contributed by atoms with E-state index in [-0.39, 0.29) is 11.8 Å². The molecule has 3 rings (SSSR count). The van der Waals surface area contributed by atoms with Gasteiger partial charge in [-0.15, -0.1) is 10.2 Å². The van der Waals surface area contributed by atoms with Gasteiger partial charge in [0.1, 0.15) is 12.2 Å². The molecule has 2 heterocycles. The van der Waals surface area contributed by atoms with Crippen LogP contribution in [0.15, 0.2) is 6.33 Å². The zero-order valence-corrected chi connectivity index (χ0v) is 11.4. The maximum absolute atomic E-state index is 12.1. The number of aryl methyl sites for hydroxylation is 1. The van der Waals surface area contributed by atoms with Crippen LogP contribution in [0, 0.1) is 11.3 Å². The lowest BCUT2D eigenvalue weighted by molar-refractivity contribution is -0.123. The second-order valence-electron chi connectivity index (χ2n) is 5.77. The lowest BCUT2D eigenvalue weighted by Crippen LogP contribution is -2.34. The van der Waals surface area contributed by atoms with Crippen LogP contribution in [0.25, 0.3) is 0 Å². The average Bonchev–Trinajstić information content (AvgIpc) is 2.94. The molecule has 2 N–H and O–H groups in total. The van der Waals surface area contributed by atoms with Gasteiger partial charge < -0.3 is 15.2 Å². The molecular weight excluding hydrogens is 242 g/mol. The Balaban J connectivity index is 1.44. The highest BCUT2D eigenvalue weighted by atomic mass is 16.2. The highest BCUT2D eigenvalue weighted by Gasteiger charge is 2.57. The van der Waals surface area contributed by atoms with E-state index in [0.29, 0.717) is 12.0 Å². The second kappa shape index (κ2) is 4.92. The van der Waals surface area contributed by atoms with Crippen LogP contribution in [0.2, 0.25) is 0 Å². The first-order chi connectivity index (χ1) is 9.21. The number of hydrogen-bond acceptors (Lipinski definition) is 4. The van der Waals surface area contributed by atoms with Gasteiger partial charge >= 0.3 is 0 Å². The van der Waals surface area contributed by atoms with Gasteiger partial charge in [0.05, 0.1) is 0 Å². The molecule has 1 spiro atoms. The standard InChI is InChI=1S/C13H21N5O/c1-18-9-16-17-11(18)2-5-15-12(19)10-8-13(10)3-6-14-7-4-13/h9-10,14H,2-8H2,1H3,(H,15,19). The topological polar surface area (TPSA) is 71.8 Å². The zero-order valence-electron chi connectivity index (χ0n) is 11.4. The van der Waals surface area contributed by atoms with Crippen LogP contribution in [-0.2, 0) is 18.3 Å². The summed E-state index contributed by atoms with van der Waals surface area (Å²) in [6.45, 7) is 2.77. The van der Waals surface area contributed by atoms with Crippen LogP contribution < -0.4 is 10.6 Å². The summed E-state index contributed by atoms with van der Waals surface area (Å²) in [6.07, 6.45) is 5.79. The van der Waals surface area contributed by atoms with Crippen molar-refractivity contribution in [1.82, 2.24) is 25.4 Å². The van der Waals surface area contributed by atoms with E-state index >= 15 is 0 Å². The normalized spacial score (nSPS) is 24.4. The summed E-state index contributed by atoms with van der Waals surface area (Å²) in [4.78, 5) is 12.1. The predicted molar refractivity (Wildman–Crippen MR) is 70.4 cm³/mol. The van der Waals surface area contributed by atoms with Crippen molar-refractivity contribution in [2.75, 3.05) is 19.6 Å². The third kappa shape index (κ3) is 2.49. The Morgan fingerprint density at radius 1 is 1.58 bits per heavy atom. The van der Waals surface area contributed by atoms with Gasteiger partial charge in [0.25, 0.3) is 0 Å². The van der Waals surface area contributed by atoms with Crippen LogP contribution >= 0.6 is 0 Å². The van der Waals surface area contributed by atoms with Crippen LogP contribution in [0.4, 0.5) is 0 Å². The van der Waals surface area contributed by atoms with E-state index in [1.807, 2.05) is 11.6 Å². The molecule has 1 atom stereocenters. The third-order valence-electron chi connectivity index (χ3n) is 4.56. The molecule has 2 fully saturated rings. The molecule has 0 bridgehead atoms. The number of carbonyl (C=O) groups excluding carboxylic acids is 1. The number of nitrogens with zero attached hydrogens (tertiary/aromatic N) is 3. The molecule has 19 heavy (non-hydrogen) atoms. The van der Waals surface area contributed by atoms with Crippen molar-refractivity contribution in [2.24, 2.45) is 18.4 Å². The smallest absolute Gasteiger partial charge is 0.223 e. The number of hydrogen-bond donors (Lipinski definition) is 2. The Labute approximate surface area is 113 Å². The molecule has 0 aromatic carbocycles. The molecule has 2 aliphatic rings. The molecular formula is C13H21N5O. The Morgan fingerprint density at radius 2 is 2.37 bits per heavy atom. The Bertz CT molecular complexity index is 463. The minimum atomic E-state index is 0.226. The van der Waals surface area contributed by atoms with Crippen LogP contribution in [0.5, 0.6) is 0 Å². The molecule has 1 aromatic heterocycles. The van der Waals surface area contributed by atoms with E-state index in [1.54, 1.807) is 6.33 Å². The van der Waals surface area contributed by atoms with Crippen molar-refractivity contribution in [3.8, 4) is 0 Å². The van der Waals surface area contributed by atoms with Crippen molar-refractivity contribution in [1.29, 1.82) is 0 Å². The fourth-order valence-electron chi connectivity index (χ4n) is 3.15. The van der Waals surface area contributed by atoms with Gasteiger partial charge in [-0.05, 0) is 37.8 Å². The summed E-state index contributed by atoms with van der Waals surface area (Å²) in [5.74, 6) is 1.38. The molecule has 104 valence electrons. The summed E-state index contributed by atoms with van der Waals surface area (Å²) < 4.78 is 1.89. The molecule has 1 aliphatic heterocycles. The molecule has 1 saturated heterocycles. The minimum absolute atomic E-state index is 0.226. The van der Waals surface area contributed by atoms with Crippen LogP contribution in [0.1, 0.15) is 25.1 Å². The monoisotopic (exact) mass is 263 g/mol. The quantitative estimate of drug-likeness (QED) is 0.793. The third-order valence-corrected chi connectivity index (χ3v) is 4.56. The van der Waals surface area contributed by atoms with E-state index < -0.39 is 0 Å². The molecule has 1 saturated carbocycles. The molecule has 1 aliphatic carbocycles. The Morgan fingerprint density at radius 3 is 3.05 bits per heavy atom. The summed E-state index contributed by atoms with van der Waals surface area (Å²) in [6, 6.07) is 0. The van der Waals surface area contributed by atoms with Crippen LogP contribution in [0.3, 0.4) is 0 Å². The van der Waals surface area contributed by atoms with E-state index in [1.165, 1.54) is 0 Å². The lowest BCUT2D eigenvalue weighted by atomic mass is 9.92. The number of amides is 1. The zero-order chi connectivity index (χ0) is 13.3. The van der Waals surface area contributed by atoms with Gasteiger partial charge in [0.15, 0.2) is 0 Å². The lowest BCUT2D eigenvalue weighted by Gasteiger charge is -2.23. The molecule has 1 unspecified atom stereocenters. The van der Waals surface area contributed by atoms with Gasteiger partial charge in [0.2, 0.25) is 5.91 Å². The van der Waals surface area contributed by atoms with Gasteiger partial charge in [-0.3, -0.25) is 4.79 Å². The average molecular weight is 263 g/mol. The number of piperidine rings is 1. The van der Waals surface area contributed by atoms with Crippen LogP contribution in [-0.4, -0.2) is 40.3 Å². The van der Waals surface area contributed by atoms with Gasteiger partial charge in [0, 0.05) is 25.9 Å². The van der Waals surface area contributed by atoms with Gasteiger partial charge in [-0.2, -0.15) is 0 Å². The van der Waals surface area contributed by atoms with Crippen molar-refractivity contribution in [3.63, 3.8) is 0 Å². The van der Waals surface area contributed by atoms with E-state index in [2.05, 4.69) is 20.8 Å². The first kappa shape index (κ1) is 12.6. The van der Waals surface area contributed by atoms with Crippen molar-refractivity contribution in [2.45, 2.75) is 25.7 Å². The summed E-state index contributed by atoms with van der Waals surface area (Å²) in [5.41, 5.74) is 0.320. The summed E-state index contributed by atoms with van der Waals surface area (Å²) in [5, 5.41) is 14.2. The number of aromatic nitrogens is 3. The molecule has 6 nitrogen and oxygen atoms in total. The molecule has 6 heteroatoms. The summed E-state index contributed by atoms with van der Waals surface area (Å²) in [7, 11) is 1.92. The first-order valence-corrected chi connectivity index (χ1v) is 7.03. The Kier molecular flexibility index (Phi) is 3.26. The van der Waals surface area contributed by atoms with Crippen molar-refractivity contribution < 1.29 is 4.79 Å². The second-order valence-corrected chi connectivity index (χ2v) is 5.77. The van der Waals surface area contributed by atoms with E-state index in [0.717, 1.165) is 44.6 Å². The maximum Gasteiger partial charge on any atom is 0.223 e. The fraction of sp³-hybridized carbons (Fsp3) is 0.769. The van der Waals surface area contributed by atoms with Gasteiger partial charge in [-0.25, -0.2) is 0 Å². The number of carbonyl (C=O) groups is 1. The first-order valence-electron chi connectivity index (χ1n) is 7.03. The highest BCUT2D eigenvalue weighted by Crippen LogP contribution is 2.58.